The molecule has 16 heavy (non-hydrogen) atoms. The average molecular weight is 234 g/mol. The third kappa shape index (κ3) is 4.43. The van der Waals surface area contributed by atoms with Crippen molar-refractivity contribution in [3.63, 3.8) is 0 Å². The van der Waals surface area contributed by atoms with Crippen molar-refractivity contribution in [2.75, 3.05) is 19.6 Å². The van der Waals surface area contributed by atoms with Crippen LogP contribution >= 0.6 is 0 Å². The standard InChI is InChI=1S/C11H20F2N2O/c1-3-10(16)15-6-4-9(5-7-15)14-8-11(2,12)13/h9,14H,3-8H2,1-2H3. The summed E-state index contributed by atoms with van der Waals surface area (Å²) in [7, 11) is 0. The second-order valence-corrected chi connectivity index (χ2v) is 4.46. The molecule has 1 amide bonds. The zero-order valence-electron chi connectivity index (χ0n) is 9.93. The van der Waals surface area contributed by atoms with Crippen LogP contribution in [0.4, 0.5) is 8.78 Å². The molecule has 0 atom stereocenters. The SMILES string of the molecule is CCC(=O)N1CCC(NCC(C)(F)F)CC1. The number of halogens is 2. The summed E-state index contributed by atoms with van der Waals surface area (Å²) < 4.78 is 25.2. The number of rotatable bonds is 4. The zero-order chi connectivity index (χ0) is 12.2. The summed E-state index contributed by atoms with van der Waals surface area (Å²) >= 11 is 0. The quantitative estimate of drug-likeness (QED) is 0.802. The maximum Gasteiger partial charge on any atom is 0.257 e. The van der Waals surface area contributed by atoms with E-state index in [0.29, 0.717) is 19.5 Å². The summed E-state index contributed by atoms with van der Waals surface area (Å²) in [5, 5.41) is 2.85. The Hall–Kier alpha value is -0.710. The highest BCUT2D eigenvalue weighted by Crippen LogP contribution is 2.14. The Morgan fingerprint density at radius 3 is 2.44 bits per heavy atom. The minimum absolute atomic E-state index is 0.117. The first-order valence-corrected chi connectivity index (χ1v) is 5.81. The third-order valence-corrected chi connectivity index (χ3v) is 2.85. The summed E-state index contributed by atoms with van der Waals surface area (Å²) in [4.78, 5) is 13.2. The summed E-state index contributed by atoms with van der Waals surface area (Å²) in [6.07, 6.45) is 2.05. The molecule has 1 fully saturated rings. The van der Waals surface area contributed by atoms with Crippen molar-refractivity contribution >= 4 is 5.91 Å². The summed E-state index contributed by atoms with van der Waals surface area (Å²) in [6.45, 7) is 3.83. The Kier molecular flexibility index (Phi) is 4.65. The first-order valence-electron chi connectivity index (χ1n) is 5.81. The van der Waals surface area contributed by atoms with Crippen molar-refractivity contribution in [1.29, 1.82) is 0 Å². The molecular formula is C11H20F2N2O. The Labute approximate surface area is 95.2 Å². The lowest BCUT2D eigenvalue weighted by Crippen LogP contribution is -2.47. The van der Waals surface area contributed by atoms with E-state index in [4.69, 9.17) is 0 Å². The van der Waals surface area contributed by atoms with Gasteiger partial charge in [-0.25, -0.2) is 8.78 Å². The van der Waals surface area contributed by atoms with Crippen LogP contribution in [0.15, 0.2) is 0 Å². The van der Waals surface area contributed by atoms with Gasteiger partial charge in [0.1, 0.15) is 0 Å². The van der Waals surface area contributed by atoms with Gasteiger partial charge in [-0.1, -0.05) is 6.92 Å². The molecule has 0 radical (unpaired) electrons. The van der Waals surface area contributed by atoms with Gasteiger partial charge in [0.05, 0.1) is 6.54 Å². The summed E-state index contributed by atoms with van der Waals surface area (Å²) in [6, 6.07) is 0.117. The van der Waals surface area contributed by atoms with E-state index in [1.807, 2.05) is 11.8 Å². The minimum Gasteiger partial charge on any atom is -0.343 e. The number of amides is 1. The third-order valence-electron chi connectivity index (χ3n) is 2.85. The number of nitrogens with zero attached hydrogens (tertiary/aromatic N) is 1. The maximum atomic E-state index is 12.6. The minimum atomic E-state index is -2.66. The zero-order valence-corrected chi connectivity index (χ0v) is 9.93. The van der Waals surface area contributed by atoms with Gasteiger partial charge in [-0.3, -0.25) is 4.79 Å². The first kappa shape index (κ1) is 13.4. The molecule has 1 rings (SSSR count). The van der Waals surface area contributed by atoms with Gasteiger partial charge < -0.3 is 10.2 Å². The van der Waals surface area contributed by atoms with Crippen molar-refractivity contribution in [3.8, 4) is 0 Å². The molecule has 1 aliphatic heterocycles. The van der Waals surface area contributed by atoms with Crippen LogP contribution in [0.5, 0.6) is 0 Å². The molecule has 0 bridgehead atoms. The Bertz CT molecular complexity index is 233. The van der Waals surface area contributed by atoms with Crippen LogP contribution in [0.1, 0.15) is 33.1 Å². The second kappa shape index (κ2) is 5.57. The number of likely N-dealkylation sites (tertiary alicyclic amines) is 1. The highest BCUT2D eigenvalue weighted by Gasteiger charge is 2.25. The molecule has 0 aliphatic carbocycles. The van der Waals surface area contributed by atoms with Crippen LogP contribution < -0.4 is 5.32 Å². The number of alkyl halides is 2. The van der Waals surface area contributed by atoms with E-state index in [-0.39, 0.29) is 18.5 Å². The van der Waals surface area contributed by atoms with E-state index >= 15 is 0 Å². The van der Waals surface area contributed by atoms with Gasteiger partial charge in [0.25, 0.3) is 5.92 Å². The van der Waals surface area contributed by atoms with Gasteiger partial charge in [-0.15, -0.1) is 0 Å². The Morgan fingerprint density at radius 1 is 1.44 bits per heavy atom. The molecule has 1 aliphatic rings. The number of hydrogen-bond donors (Lipinski definition) is 1. The molecule has 0 unspecified atom stereocenters. The molecule has 0 saturated carbocycles. The summed E-state index contributed by atoms with van der Waals surface area (Å²) in [5.74, 6) is -2.50. The predicted octanol–water partition coefficient (Wildman–Crippen LogP) is 1.63. The molecule has 0 aromatic heterocycles. The van der Waals surface area contributed by atoms with Gasteiger partial charge in [-0.05, 0) is 12.8 Å². The van der Waals surface area contributed by atoms with E-state index in [9.17, 15) is 13.6 Å². The molecule has 0 aromatic carbocycles. The fourth-order valence-corrected chi connectivity index (χ4v) is 1.88. The van der Waals surface area contributed by atoms with Crippen LogP contribution in [0.2, 0.25) is 0 Å². The highest BCUT2D eigenvalue weighted by molar-refractivity contribution is 5.75. The maximum absolute atomic E-state index is 12.6. The monoisotopic (exact) mass is 234 g/mol. The number of carbonyl (C=O) groups is 1. The fourth-order valence-electron chi connectivity index (χ4n) is 1.88. The smallest absolute Gasteiger partial charge is 0.257 e. The van der Waals surface area contributed by atoms with Gasteiger partial charge in [-0.2, -0.15) is 0 Å². The lowest BCUT2D eigenvalue weighted by molar-refractivity contribution is -0.132. The fraction of sp³-hybridized carbons (Fsp3) is 0.909. The van der Waals surface area contributed by atoms with Crippen molar-refractivity contribution in [2.45, 2.75) is 45.1 Å². The van der Waals surface area contributed by atoms with Gasteiger partial charge in [0, 0.05) is 32.5 Å². The van der Waals surface area contributed by atoms with Gasteiger partial charge >= 0.3 is 0 Å². The molecule has 0 aromatic rings. The van der Waals surface area contributed by atoms with Gasteiger partial charge in [0.15, 0.2) is 0 Å². The molecule has 1 heterocycles. The molecule has 0 spiro atoms. The van der Waals surface area contributed by atoms with Crippen LogP contribution in [-0.4, -0.2) is 42.4 Å². The predicted molar refractivity (Wildman–Crippen MR) is 58.5 cm³/mol. The highest BCUT2D eigenvalue weighted by atomic mass is 19.3. The van der Waals surface area contributed by atoms with E-state index in [0.717, 1.165) is 19.8 Å². The molecule has 1 N–H and O–H groups in total. The molecule has 1 saturated heterocycles. The molecule has 3 nitrogen and oxygen atoms in total. The normalized spacial score (nSPS) is 18.9. The van der Waals surface area contributed by atoms with Crippen LogP contribution in [0, 0.1) is 0 Å². The van der Waals surface area contributed by atoms with Gasteiger partial charge in [0.2, 0.25) is 5.91 Å². The largest absolute Gasteiger partial charge is 0.343 e. The number of hydrogen-bond acceptors (Lipinski definition) is 2. The molecular weight excluding hydrogens is 214 g/mol. The van der Waals surface area contributed by atoms with Crippen molar-refractivity contribution < 1.29 is 13.6 Å². The topological polar surface area (TPSA) is 32.3 Å². The van der Waals surface area contributed by atoms with Crippen LogP contribution in [-0.2, 0) is 4.79 Å². The Balaban J connectivity index is 2.24. The van der Waals surface area contributed by atoms with Crippen molar-refractivity contribution in [1.82, 2.24) is 10.2 Å². The van der Waals surface area contributed by atoms with E-state index in [1.165, 1.54) is 0 Å². The Morgan fingerprint density at radius 2 is 2.00 bits per heavy atom. The molecule has 94 valence electrons. The van der Waals surface area contributed by atoms with Crippen molar-refractivity contribution in [2.24, 2.45) is 0 Å². The lowest BCUT2D eigenvalue weighted by atomic mass is 10.0. The molecule has 5 heteroatoms. The average Bonchev–Trinajstić information content (AvgIpc) is 2.25. The van der Waals surface area contributed by atoms with E-state index in [2.05, 4.69) is 5.32 Å². The van der Waals surface area contributed by atoms with Crippen LogP contribution in [0.3, 0.4) is 0 Å². The van der Waals surface area contributed by atoms with E-state index in [1.54, 1.807) is 0 Å². The second-order valence-electron chi connectivity index (χ2n) is 4.46. The first-order chi connectivity index (χ1) is 7.42. The number of carbonyl (C=O) groups excluding carboxylic acids is 1. The lowest BCUT2D eigenvalue weighted by Gasteiger charge is -2.32. The van der Waals surface area contributed by atoms with Crippen LogP contribution in [0.25, 0.3) is 0 Å². The number of piperidine rings is 1. The van der Waals surface area contributed by atoms with E-state index < -0.39 is 5.92 Å². The van der Waals surface area contributed by atoms with Crippen molar-refractivity contribution in [3.05, 3.63) is 0 Å². The summed E-state index contributed by atoms with van der Waals surface area (Å²) in [5.41, 5.74) is 0. The number of nitrogens with one attached hydrogen (secondary N) is 1.